The summed E-state index contributed by atoms with van der Waals surface area (Å²) >= 11 is 0. The predicted molar refractivity (Wildman–Crippen MR) is 133 cm³/mol. The maximum absolute atomic E-state index is 16.1. The van der Waals surface area contributed by atoms with Gasteiger partial charge in [0, 0.05) is 18.2 Å². The van der Waals surface area contributed by atoms with Gasteiger partial charge in [-0.3, -0.25) is 9.69 Å². The molecule has 0 fully saturated rings. The molecule has 1 unspecified atom stereocenters. The molecule has 0 saturated carbocycles. The van der Waals surface area contributed by atoms with E-state index in [-0.39, 0.29) is 34.2 Å². The van der Waals surface area contributed by atoms with Gasteiger partial charge in [-0.05, 0) is 41.8 Å². The number of carbonyl (C=O) groups is 1. The Morgan fingerprint density at radius 2 is 1.83 bits per heavy atom. The predicted octanol–water partition coefficient (Wildman–Crippen LogP) is 3.51. The number of rotatable bonds is 7. The lowest BCUT2D eigenvalue weighted by molar-refractivity contribution is -0.129. The van der Waals surface area contributed by atoms with Crippen molar-refractivity contribution in [1.82, 2.24) is 4.90 Å². The molecule has 0 bridgehead atoms. The van der Waals surface area contributed by atoms with Crippen molar-refractivity contribution < 1.29 is 21.8 Å². The summed E-state index contributed by atoms with van der Waals surface area (Å²) in [6.45, 7) is 1.72. The Bertz CT molecular complexity index is 1510. The van der Waals surface area contributed by atoms with Crippen LogP contribution < -0.4 is 9.92 Å². The number of nitriles is 1. The third-order valence-electron chi connectivity index (χ3n) is 5.88. The van der Waals surface area contributed by atoms with Crippen LogP contribution in [0, 0.1) is 17.1 Å². The highest BCUT2D eigenvalue weighted by molar-refractivity contribution is 7.87. The molecule has 1 amide bonds. The molecule has 36 heavy (non-hydrogen) atoms. The molecule has 4 rings (SSSR count). The standard InChI is InChI=1S/C26H23FN4O4S/c1-3-14-36(33,34)35-20-12-10-19(11-13-20)26(24(32)31(2)25(29)30-26)22-9-5-8-21(23(22)27)18-7-4-6-17(15-18)16-28/h4-13,15H,3,14H2,1-2H3,(H2,29,30). The van der Waals surface area contributed by atoms with Gasteiger partial charge in [0.25, 0.3) is 5.91 Å². The third-order valence-corrected chi connectivity index (χ3v) is 7.24. The van der Waals surface area contributed by atoms with Crippen LogP contribution in [0.25, 0.3) is 11.1 Å². The van der Waals surface area contributed by atoms with Gasteiger partial charge in [0.15, 0.2) is 11.5 Å². The number of hydrogen-bond acceptors (Lipinski definition) is 7. The number of halogens is 1. The molecular weight excluding hydrogens is 483 g/mol. The Kier molecular flexibility index (Phi) is 6.52. The van der Waals surface area contributed by atoms with Gasteiger partial charge >= 0.3 is 10.1 Å². The van der Waals surface area contributed by atoms with Crippen LogP contribution in [0.2, 0.25) is 0 Å². The van der Waals surface area contributed by atoms with E-state index in [0.717, 1.165) is 4.90 Å². The molecule has 2 N–H and O–H groups in total. The normalized spacial score (nSPS) is 17.6. The summed E-state index contributed by atoms with van der Waals surface area (Å²) in [5.74, 6) is -1.45. The fourth-order valence-corrected chi connectivity index (χ4v) is 5.13. The largest absolute Gasteiger partial charge is 0.382 e. The molecule has 0 radical (unpaired) electrons. The molecule has 1 atom stereocenters. The lowest BCUT2D eigenvalue weighted by Gasteiger charge is -2.27. The SMILES string of the molecule is CCCS(=O)(=O)Oc1ccc(C2(c3cccc(-c4cccc(C#N)c4)c3F)N=C(N)N(C)C2=O)cc1. The van der Waals surface area contributed by atoms with E-state index in [1.54, 1.807) is 43.3 Å². The fraction of sp³-hybridized carbons (Fsp3) is 0.192. The van der Waals surface area contributed by atoms with E-state index in [9.17, 15) is 18.5 Å². The van der Waals surface area contributed by atoms with Crippen molar-refractivity contribution in [2.45, 2.75) is 18.9 Å². The lowest BCUT2D eigenvalue weighted by Crippen LogP contribution is -2.41. The Balaban J connectivity index is 1.87. The topological polar surface area (TPSA) is 126 Å². The van der Waals surface area contributed by atoms with Crippen LogP contribution in [-0.4, -0.2) is 38.0 Å². The van der Waals surface area contributed by atoms with Crippen LogP contribution in [0.15, 0.2) is 71.7 Å². The molecule has 0 aromatic heterocycles. The first-order valence-corrected chi connectivity index (χ1v) is 12.7. The van der Waals surface area contributed by atoms with Gasteiger partial charge in [-0.15, -0.1) is 0 Å². The molecule has 1 aliphatic heterocycles. The molecule has 3 aromatic rings. The average Bonchev–Trinajstić information content (AvgIpc) is 3.09. The number of guanidine groups is 1. The second kappa shape index (κ2) is 9.43. The zero-order chi connectivity index (χ0) is 26.1. The summed E-state index contributed by atoms with van der Waals surface area (Å²) < 4.78 is 45.3. The smallest absolute Gasteiger partial charge is 0.309 e. The van der Waals surface area contributed by atoms with Gasteiger partial charge in [0.05, 0.1) is 17.4 Å². The van der Waals surface area contributed by atoms with Crippen LogP contribution in [0.4, 0.5) is 4.39 Å². The minimum Gasteiger partial charge on any atom is -0.382 e. The van der Waals surface area contributed by atoms with Crippen LogP contribution in [0.5, 0.6) is 5.75 Å². The Hall–Kier alpha value is -4.23. The molecule has 184 valence electrons. The molecular formula is C26H23FN4O4S. The fourth-order valence-electron chi connectivity index (χ4n) is 4.14. The van der Waals surface area contributed by atoms with Crippen LogP contribution in [0.1, 0.15) is 30.0 Å². The van der Waals surface area contributed by atoms with Crippen molar-refractivity contribution in [2.24, 2.45) is 10.7 Å². The molecule has 10 heteroatoms. The van der Waals surface area contributed by atoms with E-state index in [1.165, 1.54) is 37.4 Å². The zero-order valence-electron chi connectivity index (χ0n) is 19.6. The van der Waals surface area contributed by atoms with Crippen LogP contribution in [-0.2, 0) is 20.5 Å². The molecule has 8 nitrogen and oxygen atoms in total. The molecule has 1 aliphatic rings. The lowest BCUT2D eigenvalue weighted by atomic mass is 9.81. The molecule has 0 saturated heterocycles. The zero-order valence-corrected chi connectivity index (χ0v) is 20.4. The monoisotopic (exact) mass is 506 g/mol. The van der Waals surface area contributed by atoms with E-state index in [1.807, 2.05) is 6.07 Å². The number of nitrogens with zero attached hydrogens (tertiary/aromatic N) is 3. The van der Waals surface area contributed by atoms with Gasteiger partial charge in [0.1, 0.15) is 11.6 Å². The summed E-state index contributed by atoms with van der Waals surface area (Å²) in [5, 5.41) is 9.24. The van der Waals surface area contributed by atoms with Crippen molar-refractivity contribution >= 4 is 22.0 Å². The van der Waals surface area contributed by atoms with Gasteiger partial charge < -0.3 is 9.92 Å². The molecule has 1 heterocycles. The van der Waals surface area contributed by atoms with Gasteiger partial charge in [-0.2, -0.15) is 13.7 Å². The first-order valence-electron chi connectivity index (χ1n) is 11.1. The van der Waals surface area contributed by atoms with Gasteiger partial charge in [-0.1, -0.05) is 49.4 Å². The highest BCUT2D eigenvalue weighted by Crippen LogP contribution is 2.43. The van der Waals surface area contributed by atoms with Crippen molar-refractivity contribution in [3.05, 3.63) is 89.2 Å². The Labute approximate surface area is 208 Å². The number of nitrogens with two attached hydrogens (primary N) is 1. The highest BCUT2D eigenvalue weighted by atomic mass is 32.2. The summed E-state index contributed by atoms with van der Waals surface area (Å²) in [5.41, 5.74) is 5.41. The quantitative estimate of drug-likeness (QED) is 0.489. The second-order valence-electron chi connectivity index (χ2n) is 8.27. The highest BCUT2D eigenvalue weighted by Gasteiger charge is 2.51. The van der Waals surface area contributed by atoms with E-state index < -0.39 is 27.4 Å². The summed E-state index contributed by atoms with van der Waals surface area (Å²) in [6.07, 6.45) is 0.394. The molecule has 0 spiro atoms. The minimum atomic E-state index is -3.77. The number of benzene rings is 3. The summed E-state index contributed by atoms with van der Waals surface area (Å²) in [4.78, 5) is 19.1. The van der Waals surface area contributed by atoms with Gasteiger partial charge in [0.2, 0.25) is 0 Å². The maximum Gasteiger partial charge on any atom is 0.309 e. The average molecular weight is 507 g/mol. The number of likely N-dealkylation sites (N-methyl/N-ethyl adjacent to an activating group) is 1. The molecule has 3 aromatic carbocycles. The molecule has 0 aliphatic carbocycles. The van der Waals surface area contributed by atoms with E-state index in [0.29, 0.717) is 17.5 Å². The Morgan fingerprint density at radius 1 is 1.14 bits per heavy atom. The van der Waals surface area contributed by atoms with Crippen molar-refractivity contribution in [2.75, 3.05) is 12.8 Å². The van der Waals surface area contributed by atoms with E-state index in [2.05, 4.69) is 4.99 Å². The van der Waals surface area contributed by atoms with Crippen molar-refractivity contribution in [1.29, 1.82) is 5.26 Å². The van der Waals surface area contributed by atoms with E-state index >= 15 is 4.39 Å². The first kappa shape index (κ1) is 24.9. The second-order valence-corrected chi connectivity index (χ2v) is 9.96. The number of carbonyl (C=O) groups excluding carboxylic acids is 1. The Morgan fingerprint density at radius 3 is 2.44 bits per heavy atom. The van der Waals surface area contributed by atoms with Crippen LogP contribution in [0.3, 0.4) is 0 Å². The maximum atomic E-state index is 16.1. The van der Waals surface area contributed by atoms with Crippen molar-refractivity contribution in [3.8, 4) is 22.9 Å². The number of hydrogen-bond donors (Lipinski definition) is 1. The van der Waals surface area contributed by atoms with Crippen molar-refractivity contribution in [3.63, 3.8) is 0 Å². The number of amides is 1. The first-order chi connectivity index (χ1) is 17.1. The van der Waals surface area contributed by atoms with Gasteiger partial charge in [-0.25, -0.2) is 9.38 Å². The summed E-state index contributed by atoms with van der Waals surface area (Å²) in [7, 11) is -2.33. The minimum absolute atomic E-state index is 0.0352. The van der Waals surface area contributed by atoms with E-state index in [4.69, 9.17) is 9.92 Å². The third kappa shape index (κ3) is 4.29. The van der Waals surface area contributed by atoms with Crippen LogP contribution >= 0.6 is 0 Å². The summed E-state index contributed by atoms with van der Waals surface area (Å²) in [6, 6.07) is 18.8. The number of aliphatic imine (C=N–C) groups is 1.